The van der Waals surface area contributed by atoms with Gasteiger partial charge in [-0.15, -0.1) is 6.58 Å². The molecule has 1 N–H and O–H groups in total. The summed E-state index contributed by atoms with van der Waals surface area (Å²) in [7, 11) is -3.36. The van der Waals surface area contributed by atoms with Crippen LogP contribution in [-0.2, 0) is 16.4 Å². The van der Waals surface area contributed by atoms with Gasteiger partial charge in [-0.1, -0.05) is 41.4 Å². The quantitative estimate of drug-likeness (QED) is 0.738. The van der Waals surface area contributed by atoms with Crippen LogP contribution in [0.25, 0.3) is 0 Å². The van der Waals surface area contributed by atoms with E-state index in [-0.39, 0.29) is 10.6 Å². The zero-order valence-electron chi connectivity index (χ0n) is 12.6. The molecule has 0 fully saturated rings. The minimum Gasteiger partial charge on any atom is -0.381 e. The first-order valence-corrected chi connectivity index (χ1v) is 9.37. The molecule has 0 spiro atoms. The fourth-order valence-electron chi connectivity index (χ4n) is 2.12. The van der Waals surface area contributed by atoms with Crippen molar-refractivity contribution in [3.8, 4) is 0 Å². The summed E-state index contributed by atoms with van der Waals surface area (Å²) >= 11 is 12.3. The van der Waals surface area contributed by atoms with E-state index in [2.05, 4.69) is 11.9 Å². The predicted octanol–water partition coefficient (Wildman–Crippen LogP) is 4.87. The summed E-state index contributed by atoms with van der Waals surface area (Å²) < 4.78 is 24.3. The molecule has 0 radical (unpaired) electrons. The molecule has 0 aromatic heterocycles. The summed E-state index contributed by atoms with van der Waals surface area (Å²) in [6, 6.07) is 10.3. The second-order valence-corrected chi connectivity index (χ2v) is 7.95. The zero-order valence-corrected chi connectivity index (χ0v) is 15.0. The van der Waals surface area contributed by atoms with Crippen LogP contribution in [0.1, 0.15) is 11.1 Å². The molecule has 0 atom stereocenters. The first kappa shape index (κ1) is 17.9. The van der Waals surface area contributed by atoms with E-state index in [4.69, 9.17) is 23.2 Å². The molecule has 0 unspecified atom stereocenters. The Bertz CT molecular complexity index is 812. The lowest BCUT2D eigenvalue weighted by molar-refractivity contribution is 0.599. The number of sulfone groups is 1. The summed E-state index contributed by atoms with van der Waals surface area (Å²) in [4.78, 5) is 0.260. The second-order valence-electron chi connectivity index (χ2n) is 5.10. The maximum Gasteiger partial charge on any atom is 0.181 e. The predicted molar refractivity (Wildman–Crippen MR) is 97.2 cm³/mol. The van der Waals surface area contributed by atoms with Crippen molar-refractivity contribution in [2.24, 2.45) is 0 Å². The molecule has 122 valence electrons. The van der Waals surface area contributed by atoms with Crippen LogP contribution < -0.4 is 5.32 Å². The van der Waals surface area contributed by atoms with Crippen molar-refractivity contribution < 1.29 is 8.42 Å². The molecular formula is C17H17Cl2NO2S. The number of benzene rings is 2. The van der Waals surface area contributed by atoms with Gasteiger partial charge in [-0.2, -0.15) is 0 Å². The Morgan fingerprint density at radius 2 is 1.83 bits per heavy atom. The number of aryl methyl sites for hydroxylation is 1. The lowest BCUT2D eigenvalue weighted by Crippen LogP contribution is -2.07. The van der Waals surface area contributed by atoms with Crippen molar-refractivity contribution in [1.82, 2.24) is 0 Å². The van der Waals surface area contributed by atoms with Gasteiger partial charge in [0.15, 0.2) is 9.84 Å². The Balaban J connectivity index is 2.28. The van der Waals surface area contributed by atoms with Gasteiger partial charge in [0, 0.05) is 27.8 Å². The minimum absolute atomic E-state index is 0.0914. The molecule has 3 nitrogen and oxygen atoms in total. The van der Waals surface area contributed by atoms with E-state index in [9.17, 15) is 8.42 Å². The fourth-order valence-corrected chi connectivity index (χ4v) is 3.73. The highest BCUT2D eigenvalue weighted by Crippen LogP contribution is 2.27. The summed E-state index contributed by atoms with van der Waals surface area (Å²) in [5.74, 6) is -0.0914. The van der Waals surface area contributed by atoms with Crippen LogP contribution in [0, 0.1) is 6.92 Å². The highest BCUT2D eigenvalue weighted by molar-refractivity contribution is 7.91. The average Bonchev–Trinajstić information content (AvgIpc) is 2.48. The topological polar surface area (TPSA) is 46.2 Å². The Hall–Kier alpha value is -1.49. The van der Waals surface area contributed by atoms with Crippen molar-refractivity contribution in [3.63, 3.8) is 0 Å². The first-order chi connectivity index (χ1) is 10.8. The first-order valence-electron chi connectivity index (χ1n) is 6.96. The van der Waals surface area contributed by atoms with Crippen LogP contribution in [0.5, 0.6) is 0 Å². The minimum atomic E-state index is -3.36. The third kappa shape index (κ3) is 4.28. The van der Waals surface area contributed by atoms with E-state index in [0.717, 1.165) is 16.8 Å². The van der Waals surface area contributed by atoms with Crippen molar-refractivity contribution in [3.05, 3.63) is 70.2 Å². The average molecular weight is 370 g/mol. The molecule has 0 saturated carbocycles. The van der Waals surface area contributed by atoms with E-state index in [1.807, 2.05) is 6.92 Å². The van der Waals surface area contributed by atoms with E-state index in [1.165, 1.54) is 6.08 Å². The van der Waals surface area contributed by atoms with Gasteiger partial charge in [-0.25, -0.2) is 8.42 Å². The smallest absolute Gasteiger partial charge is 0.181 e. The SMILES string of the molecule is C=CCS(=O)(=O)c1ccc(C)c(NCc2c(Cl)cccc2Cl)c1. The number of halogens is 2. The molecule has 6 heteroatoms. The molecule has 0 amide bonds. The van der Waals surface area contributed by atoms with Gasteiger partial charge in [-0.3, -0.25) is 0 Å². The van der Waals surface area contributed by atoms with Crippen LogP contribution in [-0.4, -0.2) is 14.2 Å². The van der Waals surface area contributed by atoms with Crippen LogP contribution in [0.2, 0.25) is 10.0 Å². The highest BCUT2D eigenvalue weighted by Gasteiger charge is 2.14. The molecule has 2 rings (SSSR count). The number of hydrogen-bond acceptors (Lipinski definition) is 3. The Kier molecular flexibility index (Phi) is 5.74. The Morgan fingerprint density at radius 3 is 2.43 bits per heavy atom. The Labute approximate surface area is 146 Å². The monoisotopic (exact) mass is 369 g/mol. The van der Waals surface area contributed by atoms with E-state index >= 15 is 0 Å². The van der Waals surface area contributed by atoms with Crippen LogP contribution in [0.3, 0.4) is 0 Å². The van der Waals surface area contributed by atoms with Crippen LogP contribution in [0.15, 0.2) is 53.9 Å². The molecule has 0 aliphatic rings. The molecule has 2 aromatic rings. The molecule has 0 aliphatic carbocycles. The van der Waals surface area contributed by atoms with E-state index < -0.39 is 9.84 Å². The molecule has 0 bridgehead atoms. The van der Waals surface area contributed by atoms with Gasteiger partial charge in [0.2, 0.25) is 0 Å². The normalized spacial score (nSPS) is 11.3. The third-order valence-electron chi connectivity index (χ3n) is 3.42. The van der Waals surface area contributed by atoms with Crippen molar-refractivity contribution in [2.45, 2.75) is 18.4 Å². The fraction of sp³-hybridized carbons (Fsp3) is 0.176. The van der Waals surface area contributed by atoms with Crippen LogP contribution in [0.4, 0.5) is 5.69 Å². The van der Waals surface area contributed by atoms with Gasteiger partial charge >= 0.3 is 0 Å². The van der Waals surface area contributed by atoms with Gasteiger partial charge < -0.3 is 5.32 Å². The molecule has 2 aromatic carbocycles. The third-order valence-corrected chi connectivity index (χ3v) is 5.78. The van der Waals surface area contributed by atoms with Crippen molar-refractivity contribution in [2.75, 3.05) is 11.1 Å². The summed E-state index contributed by atoms with van der Waals surface area (Å²) in [6.45, 7) is 5.79. The zero-order chi connectivity index (χ0) is 17.0. The molecule has 0 aliphatic heterocycles. The van der Waals surface area contributed by atoms with Crippen LogP contribution >= 0.6 is 23.2 Å². The lowest BCUT2D eigenvalue weighted by Gasteiger charge is -2.13. The second kappa shape index (κ2) is 7.39. The molecule has 0 saturated heterocycles. The van der Waals surface area contributed by atoms with Gasteiger partial charge in [0.25, 0.3) is 0 Å². The maximum absolute atomic E-state index is 12.1. The lowest BCUT2D eigenvalue weighted by atomic mass is 10.1. The molecule has 0 heterocycles. The summed E-state index contributed by atoms with van der Waals surface area (Å²) in [5, 5.41) is 4.34. The van der Waals surface area contributed by atoms with Gasteiger partial charge in [-0.05, 0) is 36.8 Å². The molecular weight excluding hydrogens is 353 g/mol. The number of hydrogen-bond donors (Lipinski definition) is 1. The maximum atomic E-state index is 12.1. The number of nitrogens with one attached hydrogen (secondary N) is 1. The number of rotatable bonds is 6. The molecule has 23 heavy (non-hydrogen) atoms. The highest BCUT2D eigenvalue weighted by atomic mass is 35.5. The summed E-state index contributed by atoms with van der Waals surface area (Å²) in [6.07, 6.45) is 1.38. The Morgan fingerprint density at radius 1 is 1.17 bits per heavy atom. The van der Waals surface area contributed by atoms with E-state index in [1.54, 1.807) is 36.4 Å². The van der Waals surface area contributed by atoms with Gasteiger partial charge in [0.05, 0.1) is 10.6 Å². The summed E-state index contributed by atoms with van der Waals surface area (Å²) in [5.41, 5.74) is 2.44. The van der Waals surface area contributed by atoms with Crippen molar-refractivity contribution in [1.29, 1.82) is 0 Å². The van der Waals surface area contributed by atoms with Crippen molar-refractivity contribution >= 4 is 38.7 Å². The standard InChI is InChI=1S/C17H17Cl2NO2S/c1-3-9-23(21,22)13-8-7-12(2)17(10-13)20-11-14-15(18)5-4-6-16(14)19/h3-8,10,20H,1,9,11H2,2H3. The largest absolute Gasteiger partial charge is 0.381 e. The number of anilines is 1. The van der Waals surface area contributed by atoms with E-state index in [0.29, 0.717) is 16.6 Å². The van der Waals surface area contributed by atoms with Gasteiger partial charge in [0.1, 0.15) is 0 Å².